The van der Waals surface area contributed by atoms with E-state index < -0.39 is 5.97 Å². The number of fused-ring (bicyclic) bond motifs is 1. The van der Waals surface area contributed by atoms with Gasteiger partial charge < -0.3 is 29.4 Å². The normalized spacial score (nSPS) is 16.3. The second kappa shape index (κ2) is 11.3. The summed E-state index contributed by atoms with van der Waals surface area (Å²) < 4.78 is 17.6. The zero-order chi connectivity index (χ0) is 24.8. The van der Waals surface area contributed by atoms with Gasteiger partial charge in [0.25, 0.3) is 0 Å². The molecule has 2 aromatic heterocycles. The van der Waals surface area contributed by atoms with E-state index in [0.29, 0.717) is 55.9 Å². The minimum atomic E-state index is -0.531. The van der Waals surface area contributed by atoms with Crippen molar-refractivity contribution in [2.45, 2.75) is 32.4 Å². The van der Waals surface area contributed by atoms with Crippen molar-refractivity contribution in [1.82, 2.24) is 9.55 Å². The Hall–Kier alpha value is -3.43. The summed E-state index contributed by atoms with van der Waals surface area (Å²) >= 11 is 0. The molecule has 1 amide bonds. The van der Waals surface area contributed by atoms with Gasteiger partial charge in [0, 0.05) is 31.7 Å². The van der Waals surface area contributed by atoms with Crippen LogP contribution in [0.1, 0.15) is 29.4 Å². The average Bonchev–Trinajstić information content (AvgIpc) is 3.50. The molecule has 0 saturated carbocycles. The van der Waals surface area contributed by atoms with Crippen LogP contribution in [0.15, 0.2) is 42.6 Å². The van der Waals surface area contributed by atoms with Gasteiger partial charge in [-0.3, -0.25) is 4.79 Å². The number of aromatic nitrogens is 2. The Morgan fingerprint density at radius 1 is 1.26 bits per heavy atom. The van der Waals surface area contributed by atoms with Crippen molar-refractivity contribution in [3.05, 3.63) is 53.9 Å². The van der Waals surface area contributed by atoms with Gasteiger partial charge in [-0.15, -0.1) is 0 Å². The van der Waals surface area contributed by atoms with Gasteiger partial charge in [-0.05, 0) is 31.4 Å². The maximum absolute atomic E-state index is 13.1. The third-order valence-corrected chi connectivity index (χ3v) is 6.12. The highest BCUT2D eigenvalue weighted by atomic mass is 16.5. The average molecular weight is 481 g/mol. The van der Waals surface area contributed by atoms with E-state index in [0.717, 1.165) is 11.3 Å². The minimum Gasteiger partial charge on any atom is -0.464 e. The molecule has 2 atom stereocenters. The number of nitrogens with zero attached hydrogens (tertiary/aromatic N) is 2. The number of anilines is 2. The molecular weight excluding hydrogens is 448 g/mol. The van der Waals surface area contributed by atoms with E-state index in [-0.39, 0.29) is 23.6 Å². The lowest BCUT2D eigenvalue weighted by molar-refractivity contribution is -0.119. The van der Waals surface area contributed by atoms with Gasteiger partial charge in [0.2, 0.25) is 5.91 Å². The Labute approximate surface area is 204 Å². The van der Waals surface area contributed by atoms with Crippen molar-refractivity contribution in [1.29, 1.82) is 0 Å². The van der Waals surface area contributed by atoms with E-state index in [1.54, 1.807) is 13.3 Å². The smallest absolute Gasteiger partial charge is 0.356 e. The second-order valence-corrected chi connectivity index (χ2v) is 8.75. The molecule has 0 radical (unpaired) electrons. The number of pyridine rings is 1. The predicted molar refractivity (Wildman–Crippen MR) is 134 cm³/mol. The number of aryl methyl sites for hydroxylation is 2. The van der Waals surface area contributed by atoms with Crippen LogP contribution >= 0.6 is 0 Å². The first kappa shape index (κ1) is 24.7. The highest BCUT2D eigenvalue weighted by Crippen LogP contribution is 2.34. The molecular formula is C26H32N4O5. The molecule has 9 heteroatoms. The van der Waals surface area contributed by atoms with Crippen LogP contribution in [-0.4, -0.2) is 61.5 Å². The summed E-state index contributed by atoms with van der Waals surface area (Å²) in [4.78, 5) is 30.7. The molecule has 9 nitrogen and oxygen atoms in total. The van der Waals surface area contributed by atoms with E-state index in [1.165, 1.54) is 7.11 Å². The fraction of sp³-hybridized carbons (Fsp3) is 0.423. The van der Waals surface area contributed by atoms with E-state index in [9.17, 15) is 9.59 Å². The minimum absolute atomic E-state index is 0.0492. The highest BCUT2D eigenvalue weighted by molar-refractivity contribution is 6.11. The lowest BCUT2D eigenvalue weighted by Gasteiger charge is -2.14. The molecule has 35 heavy (non-hydrogen) atoms. The van der Waals surface area contributed by atoms with Gasteiger partial charge in [0.05, 0.1) is 43.8 Å². The van der Waals surface area contributed by atoms with E-state index in [4.69, 9.17) is 14.2 Å². The lowest BCUT2D eigenvalue weighted by Crippen LogP contribution is -2.24. The molecule has 1 aromatic carbocycles. The molecule has 2 unspecified atom stereocenters. The van der Waals surface area contributed by atoms with Crippen LogP contribution in [0, 0.1) is 5.92 Å². The van der Waals surface area contributed by atoms with Crippen molar-refractivity contribution in [2.75, 3.05) is 44.7 Å². The number of hydrogen-bond acceptors (Lipinski definition) is 7. The van der Waals surface area contributed by atoms with Crippen molar-refractivity contribution in [3.8, 4) is 0 Å². The Bertz CT molecular complexity index is 1170. The summed E-state index contributed by atoms with van der Waals surface area (Å²) in [5.74, 6) is -0.976. The zero-order valence-corrected chi connectivity index (χ0v) is 20.4. The van der Waals surface area contributed by atoms with Crippen LogP contribution in [0.4, 0.5) is 11.4 Å². The maximum atomic E-state index is 13.1. The third-order valence-electron chi connectivity index (χ3n) is 6.12. The third kappa shape index (κ3) is 5.63. The molecule has 0 aliphatic carbocycles. The van der Waals surface area contributed by atoms with Crippen molar-refractivity contribution in [2.24, 2.45) is 5.92 Å². The summed E-state index contributed by atoms with van der Waals surface area (Å²) in [6, 6.07) is 12.0. The van der Waals surface area contributed by atoms with Crippen LogP contribution in [0.25, 0.3) is 11.0 Å². The molecule has 4 rings (SSSR count). The lowest BCUT2D eigenvalue weighted by atomic mass is 10.1. The summed E-state index contributed by atoms with van der Waals surface area (Å²) in [7, 11) is 2.99. The van der Waals surface area contributed by atoms with Crippen LogP contribution in [-0.2, 0) is 32.0 Å². The Balaban J connectivity index is 1.78. The number of hydrogen-bond donors (Lipinski definition) is 2. The standard InChI is InChI=1S/C26H32N4O5/c1-17(15-33-2)28-20-13-21-22(29-25(31)19-10-12-35-16-19)23(26(32)34-3)30(24(21)27-14-20)11-9-18-7-5-4-6-8-18/h4-8,13-14,17,19,28H,9-12,15-16H2,1-3H3,(H,29,31). The van der Waals surface area contributed by atoms with Crippen LogP contribution in [0.5, 0.6) is 0 Å². The van der Waals surface area contributed by atoms with Crippen LogP contribution in [0.3, 0.4) is 0 Å². The maximum Gasteiger partial charge on any atom is 0.356 e. The number of esters is 1. The van der Waals surface area contributed by atoms with Gasteiger partial charge in [0.15, 0.2) is 5.69 Å². The first-order chi connectivity index (χ1) is 17.0. The number of rotatable bonds is 10. The summed E-state index contributed by atoms with van der Waals surface area (Å²) in [5, 5.41) is 7.02. The number of carbonyl (C=O) groups is 2. The second-order valence-electron chi connectivity index (χ2n) is 8.75. The topological polar surface area (TPSA) is 104 Å². The van der Waals surface area contributed by atoms with Crippen LogP contribution in [0.2, 0.25) is 0 Å². The Morgan fingerprint density at radius 2 is 2.06 bits per heavy atom. The number of methoxy groups -OCH3 is 2. The van der Waals surface area contributed by atoms with Gasteiger partial charge in [0.1, 0.15) is 5.65 Å². The van der Waals surface area contributed by atoms with Gasteiger partial charge in [-0.25, -0.2) is 9.78 Å². The molecule has 1 fully saturated rings. The van der Waals surface area contributed by atoms with E-state index in [2.05, 4.69) is 15.6 Å². The van der Waals surface area contributed by atoms with Gasteiger partial charge in [-0.1, -0.05) is 30.3 Å². The quantitative estimate of drug-likeness (QED) is 0.428. The van der Waals surface area contributed by atoms with E-state index in [1.807, 2.05) is 47.9 Å². The SMILES string of the molecule is COCC(C)Nc1cnc2c(c1)c(NC(=O)C1CCOC1)c(C(=O)OC)n2CCc1ccccc1. The predicted octanol–water partition coefficient (Wildman–Crippen LogP) is 3.49. The summed E-state index contributed by atoms with van der Waals surface area (Å²) in [6.07, 6.45) is 3.06. The fourth-order valence-electron chi connectivity index (χ4n) is 4.39. The molecule has 0 spiro atoms. The largest absolute Gasteiger partial charge is 0.464 e. The number of benzene rings is 1. The molecule has 186 valence electrons. The molecule has 1 aliphatic rings. The monoisotopic (exact) mass is 480 g/mol. The zero-order valence-electron chi connectivity index (χ0n) is 20.4. The number of nitrogens with one attached hydrogen (secondary N) is 2. The molecule has 1 aliphatic heterocycles. The molecule has 2 N–H and O–H groups in total. The number of amides is 1. The van der Waals surface area contributed by atoms with Gasteiger partial charge in [-0.2, -0.15) is 0 Å². The Morgan fingerprint density at radius 3 is 2.74 bits per heavy atom. The number of carbonyl (C=O) groups excluding carboxylic acids is 2. The first-order valence-corrected chi connectivity index (χ1v) is 11.8. The molecule has 3 heterocycles. The highest BCUT2D eigenvalue weighted by Gasteiger charge is 2.30. The fourth-order valence-corrected chi connectivity index (χ4v) is 4.39. The summed E-state index contributed by atoms with van der Waals surface area (Å²) in [6.45, 7) is 3.93. The van der Waals surface area contributed by atoms with Gasteiger partial charge >= 0.3 is 5.97 Å². The molecule has 0 bridgehead atoms. The van der Waals surface area contributed by atoms with Crippen molar-refractivity contribution >= 4 is 34.3 Å². The van der Waals surface area contributed by atoms with Crippen LogP contribution < -0.4 is 10.6 Å². The first-order valence-electron chi connectivity index (χ1n) is 11.8. The van der Waals surface area contributed by atoms with Crippen molar-refractivity contribution in [3.63, 3.8) is 0 Å². The molecule has 1 saturated heterocycles. The van der Waals surface area contributed by atoms with E-state index >= 15 is 0 Å². The number of ether oxygens (including phenoxy) is 3. The molecule has 3 aromatic rings. The van der Waals surface area contributed by atoms with Crippen molar-refractivity contribution < 1.29 is 23.8 Å². The Kier molecular flexibility index (Phi) is 7.99. The summed E-state index contributed by atoms with van der Waals surface area (Å²) in [5.41, 5.74) is 3.18.